The Morgan fingerprint density at radius 1 is 1.09 bits per heavy atom. The SMILES string of the molecule is CC(O)C1C(=O)N2C(C(=O)O)=C(CN3c4cccc5c(CCC67CCC(CC(N)=O)(CC6)CC7)ccc(c45)S3(=O)=O)SC12. The first kappa shape index (κ1) is 28.7. The number of hydrogen-bond donors (Lipinski definition) is 3. The highest BCUT2D eigenvalue weighted by atomic mass is 32.2. The first-order valence-electron chi connectivity index (χ1n) is 14.9. The quantitative estimate of drug-likeness (QED) is 0.356. The van der Waals surface area contributed by atoms with Crippen LogP contribution in [0.5, 0.6) is 0 Å². The second kappa shape index (κ2) is 9.70. The van der Waals surface area contributed by atoms with Crippen LogP contribution < -0.4 is 10.0 Å². The van der Waals surface area contributed by atoms with E-state index >= 15 is 0 Å². The Morgan fingerprint density at radius 2 is 1.77 bits per heavy atom. The number of β-lactam (4-membered cyclic amide) rings is 1. The van der Waals surface area contributed by atoms with Crippen molar-refractivity contribution in [3.05, 3.63) is 46.5 Å². The number of hydrogen-bond acceptors (Lipinski definition) is 7. The molecule has 3 heterocycles. The van der Waals surface area contributed by atoms with Gasteiger partial charge in [-0.15, -0.1) is 0 Å². The Hall–Kier alpha value is -3.09. The minimum Gasteiger partial charge on any atom is -0.477 e. The third-order valence-electron chi connectivity index (χ3n) is 10.8. The van der Waals surface area contributed by atoms with Crippen LogP contribution in [-0.4, -0.2) is 59.3 Å². The first-order valence-corrected chi connectivity index (χ1v) is 17.2. The molecule has 1 saturated heterocycles. The van der Waals surface area contributed by atoms with E-state index in [-0.39, 0.29) is 38.8 Å². The molecule has 3 unspecified atom stereocenters. The van der Waals surface area contributed by atoms with Crippen molar-refractivity contribution in [1.82, 2.24) is 4.90 Å². The standard InChI is InChI=1S/C31H35N3O7S2/c1-17(35)24-27(37)34-26(29(38)39)21(42-28(24)34)16-33-20-4-2-3-19-18(5-6-22(25(19)20)43(33,40)41)7-8-30-9-12-31(13-10-30,14-11-30)15-23(32)36/h2-6,17,24,28,35H,7-16H2,1H3,(H2,32,36)(H,38,39). The highest BCUT2D eigenvalue weighted by Crippen LogP contribution is 2.60. The summed E-state index contributed by atoms with van der Waals surface area (Å²) in [4.78, 5) is 38.2. The molecule has 43 heavy (non-hydrogen) atoms. The van der Waals surface area contributed by atoms with E-state index in [9.17, 15) is 33.0 Å². The lowest BCUT2D eigenvalue weighted by molar-refractivity contribution is -0.156. The molecule has 10 nitrogen and oxygen atoms in total. The fourth-order valence-corrected chi connectivity index (χ4v) is 11.7. The summed E-state index contributed by atoms with van der Waals surface area (Å²) in [6, 6.07) is 9.12. The lowest BCUT2D eigenvalue weighted by Gasteiger charge is -2.53. The second-order valence-corrected chi connectivity index (χ2v) is 16.2. The van der Waals surface area contributed by atoms with Crippen LogP contribution in [0.2, 0.25) is 0 Å². The number of aliphatic hydroxyl groups is 1. The summed E-state index contributed by atoms with van der Waals surface area (Å²) in [5.74, 6) is -2.71. The number of carbonyl (C=O) groups is 3. The fraction of sp³-hybridized carbons (Fsp3) is 0.516. The summed E-state index contributed by atoms with van der Waals surface area (Å²) in [6.07, 6.45) is 7.67. The number of amides is 2. The van der Waals surface area contributed by atoms with Crippen LogP contribution in [0.25, 0.3) is 10.8 Å². The van der Waals surface area contributed by atoms with E-state index in [0.29, 0.717) is 17.5 Å². The van der Waals surface area contributed by atoms with Crippen LogP contribution in [0.4, 0.5) is 5.69 Å². The molecule has 3 atom stereocenters. The van der Waals surface area contributed by atoms with Crippen LogP contribution in [0.1, 0.15) is 63.9 Å². The molecule has 2 bridgehead atoms. The van der Waals surface area contributed by atoms with Gasteiger partial charge >= 0.3 is 5.97 Å². The number of aliphatic hydroxyl groups excluding tert-OH is 1. The molecule has 2 aromatic rings. The Labute approximate surface area is 254 Å². The highest BCUT2D eigenvalue weighted by Gasteiger charge is 2.58. The monoisotopic (exact) mass is 625 g/mol. The summed E-state index contributed by atoms with van der Waals surface area (Å²) >= 11 is 1.14. The van der Waals surface area contributed by atoms with Crippen molar-refractivity contribution in [2.75, 3.05) is 10.8 Å². The van der Waals surface area contributed by atoms with Gasteiger partial charge in [0.15, 0.2) is 0 Å². The zero-order valence-electron chi connectivity index (χ0n) is 23.9. The number of nitrogens with two attached hydrogens (primary N) is 1. The molecule has 6 aliphatic rings. The van der Waals surface area contributed by atoms with E-state index in [4.69, 9.17) is 5.73 Å². The van der Waals surface area contributed by atoms with Gasteiger partial charge in [0.2, 0.25) is 11.8 Å². The molecule has 0 radical (unpaired) electrons. The average molecular weight is 626 g/mol. The lowest BCUT2D eigenvalue weighted by atomic mass is 9.51. The van der Waals surface area contributed by atoms with Crippen molar-refractivity contribution < 1.29 is 33.0 Å². The van der Waals surface area contributed by atoms with Crippen molar-refractivity contribution >= 4 is 56.0 Å². The second-order valence-electron chi connectivity index (χ2n) is 13.1. The van der Waals surface area contributed by atoms with Gasteiger partial charge in [0.05, 0.1) is 29.1 Å². The predicted octanol–water partition coefficient (Wildman–Crippen LogP) is 3.71. The first-order chi connectivity index (χ1) is 20.4. The molecule has 4 fully saturated rings. The maximum Gasteiger partial charge on any atom is 0.353 e. The number of aryl methyl sites for hydroxylation is 1. The topological polar surface area (TPSA) is 158 Å². The van der Waals surface area contributed by atoms with E-state index in [2.05, 4.69) is 0 Å². The summed E-state index contributed by atoms with van der Waals surface area (Å²) in [5.41, 5.74) is 7.22. The molecule has 0 spiro atoms. The van der Waals surface area contributed by atoms with Gasteiger partial charge in [0.25, 0.3) is 10.0 Å². The zero-order chi connectivity index (χ0) is 30.5. The van der Waals surface area contributed by atoms with Gasteiger partial charge < -0.3 is 15.9 Å². The van der Waals surface area contributed by atoms with E-state index in [0.717, 1.165) is 74.1 Å². The van der Waals surface area contributed by atoms with Gasteiger partial charge in [-0.1, -0.05) is 30.0 Å². The van der Waals surface area contributed by atoms with Crippen LogP contribution in [0.15, 0.2) is 45.8 Å². The number of carboxylic acids is 1. The number of nitrogens with zero attached hydrogens (tertiary/aromatic N) is 2. The van der Waals surface area contributed by atoms with Crippen LogP contribution in [0.3, 0.4) is 0 Å². The van der Waals surface area contributed by atoms with Gasteiger partial charge in [0, 0.05) is 16.7 Å². The van der Waals surface area contributed by atoms with E-state index in [1.54, 1.807) is 12.1 Å². The van der Waals surface area contributed by atoms with Crippen LogP contribution in [0, 0.1) is 16.7 Å². The largest absolute Gasteiger partial charge is 0.477 e. The summed E-state index contributed by atoms with van der Waals surface area (Å²) in [7, 11) is -3.97. The molecule has 3 aliphatic heterocycles. The minimum absolute atomic E-state index is 0.0715. The fourth-order valence-electron chi connectivity index (χ4n) is 8.32. The summed E-state index contributed by atoms with van der Waals surface area (Å²) in [5, 5.41) is 21.0. The van der Waals surface area contributed by atoms with Gasteiger partial charge in [-0.25, -0.2) is 13.2 Å². The molecular formula is C31H35N3O7S2. The lowest BCUT2D eigenvalue weighted by Crippen LogP contribution is -2.60. The maximum absolute atomic E-state index is 13.9. The number of aliphatic carboxylic acids is 1. The summed E-state index contributed by atoms with van der Waals surface area (Å²) in [6.45, 7) is 1.29. The number of benzene rings is 2. The smallest absolute Gasteiger partial charge is 0.353 e. The van der Waals surface area contributed by atoms with Crippen molar-refractivity contribution in [1.29, 1.82) is 0 Å². The molecule has 228 valence electrons. The van der Waals surface area contributed by atoms with Gasteiger partial charge in [0.1, 0.15) is 11.1 Å². The van der Waals surface area contributed by atoms with E-state index in [1.807, 2.05) is 18.2 Å². The van der Waals surface area contributed by atoms with Crippen LogP contribution in [-0.2, 0) is 30.8 Å². The Balaban J connectivity index is 1.16. The predicted molar refractivity (Wildman–Crippen MR) is 161 cm³/mol. The molecule has 2 amide bonds. The molecule has 8 rings (SSSR count). The van der Waals surface area contributed by atoms with Crippen molar-refractivity contribution in [3.8, 4) is 0 Å². The van der Waals surface area contributed by atoms with Crippen molar-refractivity contribution in [2.24, 2.45) is 22.5 Å². The molecule has 0 aromatic heterocycles. The molecule has 3 aliphatic carbocycles. The minimum atomic E-state index is -3.97. The third-order valence-corrected chi connectivity index (χ3v) is 14.0. The molecular weight excluding hydrogens is 590 g/mol. The normalized spacial score (nSPS) is 31.0. The van der Waals surface area contributed by atoms with Crippen molar-refractivity contribution in [2.45, 2.75) is 81.1 Å². The average Bonchev–Trinajstić information content (AvgIpc) is 3.39. The Morgan fingerprint density at radius 3 is 2.40 bits per heavy atom. The van der Waals surface area contributed by atoms with Crippen LogP contribution >= 0.6 is 11.8 Å². The Bertz CT molecular complexity index is 1710. The molecule has 4 N–H and O–H groups in total. The number of carbonyl (C=O) groups excluding carboxylic acids is 2. The number of rotatable bonds is 9. The van der Waals surface area contributed by atoms with Crippen molar-refractivity contribution in [3.63, 3.8) is 0 Å². The number of primary amides is 1. The van der Waals surface area contributed by atoms with E-state index in [1.165, 1.54) is 16.1 Å². The third kappa shape index (κ3) is 4.23. The number of fused-ring (bicyclic) bond motifs is 4. The molecule has 2 aromatic carbocycles. The number of carboxylic acid groups (broad SMARTS) is 1. The summed E-state index contributed by atoms with van der Waals surface area (Å²) < 4.78 is 29.0. The van der Waals surface area contributed by atoms with Gasteiger partial charge in [-0.05, 0) is 92.2 Å². The molecule has 12 heteroatoms. The van der Waals surface area contributed by atoms with E-state index < -0.39 is 39.3 Å². The number of thioether (sulfide) groups is 1. The number of anilines is 1. The van der Waals surface area contributed by atoms with Gasteiger partial charge in [-0.3, -0.25) is 18.8 Å². The maximum atomic E-state index is 13.9. The zero-order valence-corrected chi connectivity index (χ0v) is 25.5. The molecule has 3 saturated carbocycles. The Kier molecular flexibility index (Phi) is 6.47. The van der Waals surface area contributed by atoms with Gasteiger partial charge in [-0.2, -0.15) is 0 Å². The number of sulfonamides is 1. The highest BCUT2D eigenvalue weighted by molar-refractivity contribution is 8.04.